The number of aliphatic hydroxyl groups excluding tert-OH is 1. The smallest absolute Gasteiger partial charge is 0.297 e. The van der Waals surface area contributed by atoms with Crippen molar-refractivity contribution in [3.05, 3.63) is 29.8 Å². The van der Waals surface area contributed by atoms with Crippen LogP contribution in [0.3, 0.4) is 0 Å². The molecular formula is C13H18O4S. The lowest BCUT2D eigenvalue weighted by Gasteiger charge is -2.40. The Kier molecular flexibility index (Phi) is 3.75. The molecule has 1 aromatic rings. The highest BCUT2D eigenvalue weighted by molar-refractivity contribution is 7.86. The van der Waals surface area contributed by atoms with Crippen molar-refractivity contribution in [1.29, 1.82) is 0 Å². The summed E-state index contributed by atoms with van der Waals surface area (Å²) in [6, 6.07) is 6.59. The fourth-order valence-electron chi connectivity index (χ4n) is 2.14. The molecule has 1 fully saturated rings. The first-order valence-corrected chi connectivity index (χ1v) is 7.51. The Balaban J connectivity index is 2.19. The van der Waals surface area contributed by atoms with Gasteiger partial charge in [-0.15, -0.1) is 0 Å². The van der Waals surface area contributed by atoms with Crippen molar-refractivity contribution in [3.8, 4) is 0 Å². The molecule has 1 aliphatic carbocycles. The van der Waals surface area contributed by atoms with Crippen molar-refractivity contribution >= 4 is 10.1 Å². The Morgan fingerprint density at radius 3 is 2.33 bits per heavy atom. The van der Waals surface area contributed by atoms with Crippen molar-refractivity contribution in [2.45, 2.75) is 43.1 Å². The largest absolute Gasteiger partial charge is 0.396 e. The van der Waals surface area contributed by atoms with Gasteiger partial charge in [-0.1, -0.05) is 17.7 Å². The van der Waals surface area contributed by atoms with Gasteiger partial charge in [0, 0.05) is 13.0 Å². The summed E-state index contributed by atoms with van der Waals surface area (Å²) < 4.78 is 29.6. The Morgan fingerprint density at radius 2 is 1.89 bits per heavy atom. The fourth-order valence-corrected chi connectivity index (χ4v) is 3.42. The van der Waals surface area contributed by atoms with E-state index >= 15 is 0 Å². The summed E-state index contributed by atoms with van der Waals surface area (Å²) in [6.45, 7) is 1.85. The topological polar surface area (TPSA) is 63.6 Å². The summed E-state index contributed by atoms with van der Waals surface area (Å²) in [4.78, 5) is 0.178. The van der Waals surface area contributed by atoms with Crippen molar-refractivity contribution < 1.29 is 17.7 Å². The van der Waals surface area contributed by atoms with Crippen LogP contribution in [0.1, 0.15) is 31.2 Å². The molecule has 0 bridgehead atoms. The molecule has 4 nitrogen and oxygen atoms in total. The minimum atomic E-state index is -3.73. The lowest BCUT2D eigenvalue weighted by Crippen LogP contribution is -2.42. The summed E-state index contributed by atoms with van der Waals surface area (Å²) in [7, 11) is -3.73. The van der Waals surface area contributed by atoms with E-state index < -0.39 is 15.7 Å². The van der Waals surface area contributed by atoms with Crippen molar-refractivity contribution in [2.24, 2.45) is 0 Å². The third-order valence-corrected chi connectivity index (χ3v) is 4.85. The molecule has 100 valence electrons. The zero-order valence-electron chi connectivity index (χ0n) is 10.4. The zero-order chi connectivity index (χ0) is 13.2. The summed E-state index contributed by atoms with van der Waals surface area (Å²) in [6.07, 6.45) is 2.71. The predicted molar refractivity (Wildman–Crippen MR) is 67.7 cm³/mol. The second kappa shape index (κ2) is 4.99. The van der Waals surface area contributed by atoms with Crippen LogP contribution in [0.5, 0.6) is 0 Å². The second-order valence-corrected chi connectivity index (χ2v) is 6.41. The van der Waals surface area contributed by atoms with Crippen LogP contribution in [0, 0.1) is 6.92 Å². The number of hydrogen-bond acceptors (Lipinski definition) is 4. The molecule has 1 aliphatic rings. The Hall–Kier alpha value is -0.910. The van der Waals surface area contributed by atoms with Gasteiger partial charge >= 0.3 is 0 Å². The van der Waals surface area contributed by atoms with Gasteiger partial charge in [-0.3, -0.25) is 4.18 Å². The average molecular weight is 270 g/mol. The van der Waals surface area contributed by atoms with Crippen LogP contribution in [0.25, 0.3) is 0 Å². The second-order valence-electron chi connectivity index (χ2n) is 4.86. The summed E-state index contributed by atoms with van der Waals surface area (Å²) in [5, 5.41) is 9.00. The van der Waals surface area contributed by atoms with E-state index in [1.165, 1.54) is 0 Å². The fraction of sp³-hybridized carbons (Fsp3) is 0.538. The highest BCUT2D eigenvalue weighted by atomic mass is 32.2. The first kappa shape index (κ1) is 13.5. The van der Waals surface area contributed by atoms with Gasteiger partial charge in [0.1, 0.15) is 0 Å². The summed E-state index contributed by atoms with van der Waals surface area (Å²) >= 11 is 0. The normalized spacial score (nSPS) is 18.3. The van der Waals surface area contributed by atoms with Gasteiger partial charge in [-0.2, -0.15) is 8.42 Å². The van der Waals surface area contributed by atoms with Crippen LogP contribution in [0.15, 0.2) is 29.2 Å². The van der Waals surface area contributed by atoms with Gasteiger partial charge in [-0.25, -0.2) is 0 Å². The molecular weight excluding hydrogens is 252 g/mol. The summed E-state index contributed by atoms with van der Waals surface area (Å²) in [5.41, 5.74) is 0.320. The first-order valence-electron chi connectivity index (χ1n) is 6.11. The van der Waals surface area contributed by atoms with Crippen LogP contribution >= 0.6 is 0 Å². The molecule has 0 saturated heterocycles. The maximum Gasteiger partial charge on any atom is 0.297 e. The minimum Gasteiger partial charge on any atom is -0.396 e. The van der Waals surface area contributed by atoms with Gasteiger partial charge in [0.05, 0.1) is 10.5 Å². The molecule has 18 heavy (non-hydrogen) atoms. The molecule has 0 amide bonds. The number of benzene rings is 1. The van der Waals surface area contributed by atoms with E-state index in [9.17, 15) is 8.42 Å². The van der Waals surface area contributed by atoms with Crippen molar-refractivity contribution in [1.82, 2.24) is 0 Å². The van der Waals surface area contributed by atoms with Crippen LogP contribution in [-0.4, -0.2) is 25.7 Å². The van der Waals surface area contributed by atoms with E-state index in [0.717, 1.165) is 12.0 Å². The lowest BCUT2D eigenvalue weighted by atomic mass is 9.78. The maximum atomic E-state index is 12.1. The van der Waals surface area contributed by atoms with Gasteiger partial charge < -0.3 is 5.11 Å². The SMILES string of the molecule is Cc1ccc(S(=O)(=O)OC2(CCO)CCC2)cc1. The van der Waals surface area contributed by atoms with Gasteiger partial charge in [0.25, 0.3) is 10.1 Å². The van der Waals surface area contributed by atoms with Gasteiger partial charge in [-0.05, 0) is 38.3 Å². The quantitative estimate of drug-likeness (QED) is 0.831. The summed E-state index contributed by atoms with van der Waals surface area (Å²) in [5.74, 6) is 0. The van der Waals surface area contributed by atoms with E-state index in [0.29, 0.717) is 19.3 Å². The molecule has 0 spiro atoms. The molecule has 0 atom stereocenters. The third kappa shape index (κ3) is 2.74. The van der Waals surface area contributed by atoms with Gasteiger partial charge in [0.2, 0.25) is 0 Å². The molecule has 5 heteroatoms. The minimum absolute atomic E-state index is 0.0522. The Labute approximate surface area is 108 Å². The molecule has 2 rings (SSSR count). The van der Waals surface area contributed by atoms with E-state index in [2.05, 4.69) is 0 Å². The molecule has 0 heterocycles. The zero-order valence-corrected chi connectivity index (χ0v) is 11.2. The van der Waals surface area contributed by atoms with Crippen LogP contribution in [0.4, 0.5) is 0 Å². The van der Waals surface area contributed by atoms with Gasteiger partial charge in [0.15, 0.2) is 0 Å². The average Bonchev–Trinajstić information content (AvgIpc) is 2.26. The highest BCUT2D eigenvalue weighted by Gasteiger charge is 2.42. The van der Waals surface area contributed by atoms with E-state index in [4.69, 9.17) is 9.29 Å². The Morgan fingerprint density at radius 1 is 1.28 bits per heavy atom. The number of aliphatic hydroxyl groups is 1. The molecule has 1 aromatic carbocycles. The molecule has 1 N–H and O–H groups in total. The lowest BCUT2D eigenvalue weighted by molar-refractivity contribution is -0.0207. The van der Waals surface area contributed by atoms with E-state index in [-0.39, 0.29) is 11.5 Å². The molecule has 0 aromatic heterocycles. The van der Waals surface area contributed by atoms with E-state index in [1.54, 1.807) is 24.3 Å². The maximum absolute atomic E-state index is 12.1. The van der Waals surface area contributed by atoms with Crippen molar-refractivity contribution in [3.63, 3.8) is 0 Å². The number of rotatable bonds is 5. The third-order valence-electron chi connectivity index (χ3n) is 3.43. The Bertz CT molecular complexity index is 500. The number of hydrogen-bond donors (Lipinski definition) is 1. The first-order chi connectivity index (χ1) is 8.47. The molecule has 0 unspecified atom stereocenters. The molecule has 0 radical (unpaired) electrons. The standard InChI is InChI=1S/C13H18O4S/c1-11-3-5-12(6-4-11)18(15,16)17-13(9-10-14)7-2-8-13/h3-6,14H,2,7-10H2,1H3. The van der Waals surface area contributed by atoms with Crippen LogP contribution < -0.4 is 0 Å². The monoisotopic (exact) mass is 270 g/mol. The van der Waals surface area contributed by atoms with Crippen LogP contribution in [-0.2, 0) is 14.3 Å². The molecule has 0 aliphatic heterocycles. The van der Waals surface area contributed by atoms with Crippen molar-refractivity contribution in [2.75, 3.05) is 6.61 Å². The predicted octanol–water partition coefficient (Wildman–Crippen LogP) is 2.01. The van der Waals surface area contributed by atoms with E-state index in [1.807, 2.05) is 6.92 Å². The van der Waals surface area contributed by atoms with Crippen LogP contribution in [0.2, 0.25) is 0 Å². The highest BCUT2D eigenvalue weighted by Crippen LogP contribution is 2.40. The number of aryl methyl sites for hydroxylation is 1. The molecule has 1 saturated carbocycles.